The van der Waals surface area contributed by atoms with Crippen molar-refractivity contribution in [1.82, 2.24) is 20.0 Å². The lowest BCUT2D eigenvalue weighted by molar-refractivity contribution is -0.130. The first-order valence-electron chi connectivity index (χ1n) is 12.2. The molecule has 1 amide bonds. The molecule has 0 aliphatic carbocycles. The molecule has 1 saturated heterocycles. The fourth-order valence-corrected chi connectivity index (χ4v) is 4.01. The second kappa shape index (κ2) is 12.7. The summed E-state index contributed by atoms with van der Waals surface area (Å²) in [6.45, 7) is 1.23. The summed E-state index contributed by atoms with van der Waals surface area (Å²) in [7, 11) is 1.61. The third kappa shape index (κ3) is 7.10. The van der Waals surface area contributed by atoms with E-state index in [-0.39, 0.29) is 17.6 Å². The molecule has 0 radical (unpaired) electrons. The molecule has 11 nitrogen and oxygen atoms in total. The van der Waals surface area contributed by atoms with Crippen molar-refractivity contribution < 1.29 is 14.3 Å². The Kier molecular flexibility index (Phi) is 8.94. The normalized spacial score (nSPS) is 15.5. The van der Waals surface area contributed by atoms with Gasteiger partial charge in [-0.15, -0.1) is 0 Å². The van der Waals surface area contributed by atoms with Gasteiger partial charge >= 0.3 is 0 Å². The third-order valence-electron chi connectivity index (χ3n) is 5.82. The van der Waals surface area contributed by atoms with Crippen molar-refractivity contribution in [3.05, 3.63) is 77.4 Å². The number of hydrogen-bond acceptors (Lipinski definition) is 10. The standard InChI is InChI=1S/C27H30N8O3/c1-37-17-21-9-5-8-20(31-21)15-35(30)16-22(29)24-13-23(19-7-4-6-18(12-19)14-28)32-27(33-24)34-26(36)25-10-2-3-11-38-25/h4-9,12-13,16,25H,2-3,10-11,15,17,29-30H2,1H3,(H,32,33,34,36)/b22-16-. The molecule has 38 heavy (non-hydrogen) atoms. The molecule has 5 N–H and O–H groups in total. The van der Waals surface area contributed by atoms with Gasteiger partial charge < -0.3 is 20.2 Å². The zero-order valence-corrected chi connectivity index (χ0v) is 21.1. The number of methoxy groups -OCH3 is 1. The van der Waals surface area contributed by atoms with Crippen molar-refractivity contribution in [2.45, 2.75) is 38.5 Å². The molecule has 1 aromatic carbocycles. The average molecular weight is 515 g/mol. The summed E-state index contributed by atoms with van der Waals surface area (Å²) in [5.41, 5.74) is 10.2. The van der Waals surface area contributed by atoms with Gasteiger partial charge in [0.25, 0.3) is 5.91 Å². The van der Waals surface area contributed by atoms with Crippen LogP contribution in [0.15, 0.2) is 54.7 Å². The van der Waals surface area contributed by atoms with E-state index in [1.54, 1.807) is 37.6 Å². The smallest absolute Gasteiger partial charge is 0.255 e. The predicted octanol–water partition coefficient (Wildman–Crippen LogP) is 2.70. The van der Waals surface area contributed by atoms with Crippen molar-refractivity contribution in [2.24, 2.45) is 11.6 Å². The summed E-state index contributed by atoms with van der Waals surface area (Å²) < 4.78 is 10.7. The highest BCUT2D eigenvalue weighted by molar-refractivity contribution is 5.93. The lowest BCUT2D eigenvalue weighted by Crippen LogP contribution is -2.33. The molecule has 196 valence electrons. The maximum absolute atomic E-state index is 12.8. The number of carbonyl (C=O) groups excluding carboxylic acids is 1. The van der Waals surface area contributed by atoms with E-state index in [0.29, 0.717) is 48.7 Å². The summed E-state index contributed by atoms with van der Waals surface area (Å²) in [5, 5.41) is 13.5. The molecule has 11 heteroatoms. The van der Waals surface area contributed by atoms with Crippen LogP contribution < -0.4 is 16.9 Å². The van der Waals surface area contributed by atoms with Crippen LogP contribution in [0.4, 0.5) is 5.95 Å². The van der Waals surface area contributed by atoms with Crippen LogP contribution in [0.2, 0.25) is 0 Å². The van der Waals surface area contributed by atoms with Crippen molar-refractivity contribution in [2.75, 3.05) is 19.0 Å². The van der Waals surface area contributed by atoms with Crippen molar-refractivity contribution in [3.63, 3.8) is 0 Å². The lowest BCUT2D eigenvalue weighted by atomic mass is 10.1. The van der Waals surface area contributed by atoms with Gasteiger partial charge in [-0.2, -0.15) is 5.26 Å². The van der Waals surface area contributed by atoms with Crippen LogP contribution in [0.5, 0.6) is 0 Å². The van der Waals surface area contributed by atoms with E-state index in [2.05, 4.69) is 26.3 Å². The van der Waals surface area contributed by atoms with Gasteiger partial charge in [-0.3, -0.25) is 15.1 Å². The summed E-state index contributed by atoms with van der Waals surface area (Å²) in [6, 6.07) is 16.4. The number of nitriles is 1. The summed E-state index contributed by atoms with van der Waals surface area (Å²) >= 11 is 0. The minimum Gasteiger partial charge on any atom is -0.396 e. The molecule has 3 heterocycles. The van der Waals surface area contributed by atoms with E-state index >= 15 is 0 Å². The highest BCUT2D eigenvalue weighted by atomic mass is 16.5. The SMILES string of the molecule is COCc1cccc(CN(N)/C=C(\N)c2cc(-c3cccc(C#N)c3)nc(NC(=O)C3CCCCO3)n2)n1. The lowest BCUT2D eigenvalue weighted by Gasteiger charge is -2.21. The molecule has 1 aliphatic rings. The number of hydrogen-bond donors (Lipinski definition) is 3. The molecule has 0 saturated carbocycles. The van der Waals surface area contributed by atoms with E-state index in [9.17, 15) is 10.1 Å². The van der Waals surface area contributed by atoms with Gasteiger partial charge in [-0.1, -0.05) is 18.2 Å². The Morgan fingerprint density at radius 3 is 2.79 bits per heavy atom. The number of carbonyl (C=O) groups is 1. The number of hydrazine groups is 1. The molecule has 1 unspecified atom stereocenters. The van der Waals surface area contributed by atoms with Crippen molar-refractivity contribution >= 4 is 17.6 Å². The molecular weight excluding hydrogens is 484 g/mol. The first kappa shape index (κ1) is 26.7. The Morgan fingerprint density at radius 1 is 1.21 bits per heavy atom. The number of ether oxygens (including phenoxy) is 2. The molecule has 1 fully saturated rings. The number of nitrogens with two attached hydrogens (primary N) is 2. The largest absolute Gasteiger partial charge is 0.396 e. The van der Waals surface area contributed by atoms with Gasteiger partial charge in [0.2, 0.25) is 5.95 Å². The highest BCUT2D eigenvalue weighted by Crippen LogP contribution is 2.23. The Labute approximate surface area is 221 Å². The molecule has 3 aromatic rings. The minimum atomic E-state index is -0.560. The van der Waals surface area contributed by atoms with Gasteiger partial charge in [-0.05, 0) is 49.6 Å². The van der Waals surface area contributed by atoms with E-state index in [1.165, 1.54) is 5.01 Å². The molecular formula is C27H30N8O3. The fourth-order valence-electron chi connectivity index (χ4n) is 4.01. The van der Waals surface area contributed by atoms with E-state index < -0.39 is 6.10 Å². The van der Waals surface area contributed by atoms with Crippen LogP contribution in [0.3, 0.4) is 0 Å². The zero-order valence-electron chi connectivity index (χ0n) is 21.1. The number of aromatic nitrogens is 3. The maximum Gasteiger partial charge on any atom is 0.255 e. The Bertz CT molecular complexity index is 1350. The van der Waals surface area contributed by atoms with Crippen LogP contribution in [-0.2, 0) is 27.4 Å². The second-order valence-corrected chi connectivity index (χ2v) is 8.81. The highest BCUT2D eigenvalue weighted by Gasteiger charge is 2.23. The van der Waals surface area contributed by atoms with Crippen molar-refractivity contribution in [3.8, 4) is 17.3 Å². The van der Waals surface area contributed by atoms with Gasteiger partial charge in [0.15, 0.2) is 0 Å². The number of rotatable bonds is 9. The van der Waals surface area contributed by atoms with Crippen LogP contribution in [-0.4, -0.2) is 45.7 Å². The molecule has 1 aliphatic heterocycles. The number of nitrogens with zero attached hydrogens (tertiary/aromatic N) is 5. The minimum absolute atomic E-state index is 0.0767. The maximum atomic E-state index is 12.8. The first-order valence-corrected chi connectivity index (χ1v) is 12.2. The molecule has 2 aromatic heterocycles. The van der Waals surface area contributed by atoms with Gasteiger partial charge in [0.05, 0.1) is 53.3 Å². The topological polar surface area (TPSA) is 165 Å². The monoisotopic (exact) mass is 514 g/mol. The van der Waals surface area contributed by atoms with Crippen LogP contribution in [0, 0.1) is 11.3 Å². The van der Waals surface area contributed by atoms with Gasteiger partial charge in [0, 0.05) is 25.5 Å². The molecule has 0 bridgehead atoms. The number of benzene rings is 1. The number of amides is 1. The third-order valence-corrected chi connectivity index (χ3v) is 5.82. The Hall–Kier alpha value is -4.37. The molecule has 0 spiro atoms. The zero-order chi connectivity index (χ0) is 26.9. The molecule has 1 atom stereocenters. The second-order valence-electron chi connectivity index (χ2n) is 8.81. The quantitative estimate of drug-likeness (QED) is 0.285. The van der Waals surface area contributed by atoms with Gasteiger partial charge in [0.1, 0.15) is 6.10 Å². The van der Waals surface area contributed by atoms with Crippen molar-refractivity contribution in [1.29, 1.82) is 5.26 Å². The van der Waals surface area contributed by atoms with Crippen LogP contribution >= 0.6 is 0 Å². The Morgan fingerprint density at radius 2 is 2.03 bits per heavy atom. The number of anilines is 1. The van der Waals surface area contributed by atoms with Crippen LogP contribution in [0.1, 0.15) is 41.9 Å². The first-order chi connectivity index (χ1) is 18.4. The number of nitrogens with one attached hydrogen (secondary N) is 1. The van der Waals surface area contributed by atoms with E-state index in [0.717, 1.165) is 24.2 Å². The fraction of sp³-hybridized carbons (Fsp3) is 0.296. The van der Waals surface area contributed by atoms with E-state index in [1.807, 2.05) is 24.3 Å². The van der Waals surface area contributed by atoms with Gasteiger partial charge in [-0.25, -0.2) is 15.8 Å². The Balaban J connectivity index is 1.62. The summed E-state index contributed by atoms with van der Waals surface area (Å²) in [5.74, 6) is 5.97. The average Bonchev–Trinajstić information content (AvgIpc) is 2.93. The van der Waals surface area contributed by atoms with E-state index in [4.69, 9.17) is 21.1 Å². The van der Waals surface area contributed by atoms with Crippen LogP contribution in [0.25, 0.3) is 17.0 Å². The summed E-state index contributed by atoms with van der Waals surface area (Å²) in [6.07, 6.45) is 3.45. The number of pyridine rings is 1. The predicted molar refractivity (Wildman–Crippen MR) is 141 cm³/mol. The molecule has 4 rings (SSSR count). The summed E-state index contributed by atoms with van der Waals surface area (Å²) in [4.78, 5) is 26.3.